The molecule has 0 spiro atoms. The molecule has 0 amide bonds. The Hall–Kier alpha value is -1.15. The molecule has 0 bridgehead atoms. The highest BCUT2D eigenvalue weighted by molar-refractivity contribution is 5.98. The second kappa shape index (κ2) is 6.14. The third-order valence-electron chi connectivity index (χ3n) is 3.71. The summed E-state index contributed by atoms with van der Waals surface area (Å²) in [4.78, 5) is 12.2. The molecule has 18 heavy (non-hydrogen) atoms. The predicted molar refractivity (Wildman–Crippen MR) is 73.1 cm³/mol. The van der Waals surface area contributed by atoms with Crippen molar-refractivity contribution >= 4 is 5.78 Å². The molecule has 1 atom stereocenters. The van der Waals surface area contributed by atoms with Crippen molar-refractivity contribution in [1.82, 2.24) is 0 Å². The number of hydrogen-bond acceptors (Lipinski definition) is 2. The smallest absolute Gasteiger partial charge is 0.163 e. The second-order valence-corrected chi connectivity index (χ2v) is 5.22. The van der Waals surface area contributed by atoms with Crippen LogP contribution in [0.4, 0.5) is 0 Å². The molecule has 0 radical (unpaired) electrons. The Balaban J connectivity index is 1.87. The predicted octanol–water partition coefficient (Wildman–Crippen LogP) is 3.84. The molecular weight excluding hydrogens is 224 g/mol. The first-order chi connectivity index (χ1) is 8.68. The number of aryl methyl sites for hydroxylation is 2. The monoisotopic (exact) mass is 246 g/mol. The average Bonchev–Trinajstić information content (AvgIpc) is 2.82. The van der Waals surface area contributed by atoms with Crippen LogP contribution in [0, 0.1) is 13.8 Å². The van der Waals surface area contributed by atoms with Gasteiger partial charge in [-0.05, 0) is 50.7 Å². The summed E-state index contributed by atoms with van der Waals surface area (Å²) in [5.74, 6) is 0.281. The number of ketones is 1. The molecule has 1 heterocycles. The zero-order valence-electron chi connectivity index (χ0n) is 11.4. The zero-order chi connectivity index (χ0) is 13.0. The third-order valence-corrected chi connectivity index (χ3v) is 3.71. The molecule has 1 aromatic carbocycles. The van der Waals surface area contributed by atoms with E-state index in [9.17, 15) is 4.79 Å². The maximum Gasteiger partial charge on any atom is 0.163 e. The number of carbonyl (C=O) groups is 1. The fourth-order valence-corrected chi connectivity index (χ4v) is 2.74. The molecule has 0 N–H and O–H groups in total. The minimum Gasteiger partial charge on any atom is -0.378 e. The summed E-state index contributed by atoms with van der Waals surface area (Å²) in [7, 11) is 0. The molecule has 2 heteroatoms. The van der Waals surface area contributed by atoms with Gasteiger partial charge in [0, 0.05) is 18.6 Å². The highest BCUT2D eigenvalue weighted by atomic mass is 16.5. The van der Waals surface area contributed by atoms with Gasteiger partial charge in [-0.15, -0.1) is 0 Å². The van der Waals surface area contributed by atoms with Crippen molar-refractivity contribution in [3.05, 3.63) is 34.9 Å². The second-order valence-electron chi connectivity index (χ2n) is 5.22. The maximum absolute atomic E-state index is 12.2. The molecule has 1 unspecified atom stereocenters. The molecule has 0 saturated carbocycles. The first-order valence-electron chi connectivity index (χ1n) is 6.89. The van der Waals surface area contributed by atoms with Crippen molar-refractivity contribution in [2.24, 2.45) is 0 Å². The van der Waals surface area contributed by atoms with E-state index in [0.29, 0.717) is 12.5 Å². The summed E-state index contributed by atoms with van der Waals surface area (Å²) in [5, 5.41) is 0. The molecular formula is C16H22O2. The molecule has 1 aliphatic heterocycles. The minimum absolute atomic E-state index is 0.281. The number of hydrogen-bond donors (Lipinski definition) is 0. The van der Waals surface area contributed by atoms with Crippen LogP contribution in [-0.4, -0.2) is 18.5 Å². The van der Waals surface area contributed by atoms with E-state index in [1.807, 2.05) is 32.0 Å². The Morgan fingerprint density at radius 2 is 2.06 bits per heavy atom. The van der Waals surface area contributed by atoms with Crippen LogP contribution in [0.5, 0.6) is 0 Å². The van der Waals surface area contributed by atoms with Crippen molar-refractivity contribution in [3.63, 3.8) is 0 Å². The number of benzene rings is 1. The summed E-state index contributed by atoms with van der Waals surface area (Å²) in [6.45, 7) is 4.93. The number of Topliss-reactive ketones (excluding diaryl/α,β-unsaturated/α-hetero) is 1. The van der Waals surface area contributed by atoms with Gasteiger partial charge in [0.05, 0.1) is 6.10 Å². The molecule has 1 aliphatic rings. The van der Waals surface area contributed by atoms with Gasteiger partial charge in [0.25, 0.3) is 0 Å². The first-order valence-corrected chi connectivity index (χ1v) is 6.89. The average molecular weight is 246 g/mol. The fraction of sp³-hybridized carbons (Fsp3) is 0.562. The quantitative estimate of drug-likeness (QED) is 0.738. The van der Waals surface area contributed by atoms with Crippen LogP contribution in [0.25, 0.3) is 0 Å². The molecule has 1 saturated heterocycles. The van der Waals surface area contributed by atoms with Crippen LogP contribution in [0.3, 0.4) is 0 Å². The van der Waals surface area contributed by atoms with Gasteiger partial charge in [-0.3, -0.25) is 4.79 Å². The van der Waals surface area contributed by atoms with Gasteiger partial charge >= 0.3 is 0 Å². The van der Waals surface area contributed by atoms with Gasteiger partial charge < -0.3 is 4.74 Å². The lowest BCUT2D eigenvalue weighted by molar-refractivity contribution is 0.0922. The SMILES string of the molecule is Cc1cccc(C)c1C(=O)CCCC1CCCO1. The summed E-state index contributed by atoms with van der Waals surface area (Å²) in [6, 6.07) is 6.04. The summed E-state index contributed by atoms with van der Waals surface area (Å²) in [5.41, 5.74) is 3.11. The zero-order valence-corrected chi connectivity index (χ0v) is 11.4. The van der Waals surface area contributed by atoms with Crippen molar-refractivity contribution in [1.29, 1.82) is 0 Å². The van der Waals surface area contributed by atoms with Crippen molar-refractivity contribution in [3.8, 4) is 0 Å². The molecule has 0 aromatic heterocycles. The van der Waals surface area contributed by atoms with Crippen LogP contribution in [0.2, 0.25) is 0 Å². The lowest BCUT2D eigenvalue weighted by Crippen LogP contribution is -2.08. The Morgan fingerprint density at radius 3 is 2.67 bits per heavy atom. The van der Waals surface area contributed by atoms with Crippen molar-refractivity contribution < 1.29 is 9.53 Å². The standard InChI is InChI=1S/C16H22O2/c1-12-6-3-7-13(2)16(12)15(17)10-4-8-14-9-5-11-18-14/h3,6-7,14H,4-5,8-11H2,1-2H3. The largest absolute Gasteiger partial charge is 0.378 e. The summed E-state index contributed by atoms with van der Waals surface area (Å²) < 4.78 is 5.58. The van der Waals surface area contributed by atoms with E-state index in [0.717, 1.165) is 42.6 Å². The van der Waals surface area contributed by atoms with Gasteiger partial charge in [0.2, 0.25) is 0 Å². The summed E-state index contributed by atoms with van der Waals surface area (Å²) in [6.07, 6.45) is 5.35. The van der Waals surface area contributed by atoms with E-state index in [4.69, 9.17) is 4.74 Å². The Bertz CT molecular complexity index is 397. The fourth-order valence-electron chi connectivity index (χ4n) is 2.74. The summed E-state index contributed by atoms with van der Waals surface area (Å²) >= 11 is 0. The van der Waals surface area contributed by atoms with Crippen LogP contribution in [0.15, 0.2) is 18.2 Å². The number of ether oxygens (including phenoxy) is 1. The van der Waals surface area contributed by atoms with Gasteiger partial charge in [-0.2, -0.15) is 0 Å². The van der Waals surface area contributed by atoms with E-state index in [2.05, 4.69) is 0 Å². The topological polar surface area (TPSA) is 26.3 Å². The molecule has 1 aromatic rings. The van der Waals surface area contributed by atoms with Crippen LogP contribution in [-0.2, 0) is 4.74 Å². The molecule has 0 aliphatic carbocycles. The first kappa shape index (κ1) is 13.3. The Kier molecular flexibility index (Phi) is 4.54. The van der Waals surface area contributed by atoms with Gasteiger partial charge in [-0.1, -0.05) is 18.2 Å². The molecule has 2 rings (SSSR count). The van der Waals surface area contributed by atoms with Crippen LogP contribution < -0.4 is 0 Å². The molecule has 98 valence electrons. The Morgan fingerprint density at radius 1 is 1.33 bits per heavy atom. The van der Waals surface area contributed by atoms with Gasteiger partial charge in [-0.25, -0.2) is 0 Å². The number of carbonyl (C=O) groups excluding carboxylic acids is 1. The van der Waals surface area contributed by atoms with Gasteiger partial charge in [0.1, 0.15) is 0 Å². The molecule has 1 fully saturated rings. The highest BCUT2D eigenvalue weighted by Crippen LogP contribution is 2.20. The van der Waals surface area contributed by atoms with Crippen LogP contribution in [0.1, 0.15) is 53.6 Å². The maximum atomic E-state index is 12.2. The van der Waals surface area contributed by atoms with E-state index in [-0.39, 0.29) is 5.78 Å². The van der Waals surface area contributed by atoms with E-state index >= 15 is 0 Å². The van der Waals surface area contributed by atoms with Crippen LogP contribution >= 0.6 is 0 Å². The Labute approximate surface area is 109 Å². The van der Waals surface area contributed by atoms with E-state index < -0.39 is 0 Å². The lowest BCUT2D eigenvalue weighted by Gasteiger charge is -2.10. The minimum atomic E-state index is 0.281. The van der Waals surface area contributed by atoms with E-state index in [1.54, 1.807) is 0 Å². The normalized spacial score (nSPS) is 19.1. The lowest BCUT2D eigenvalue weighted by atomic mass is 9.95. The third kappa shape index (κ3) is 3.20. The van der Waals surface area contributed by atoms with Gasteiger partial charge in [0.15, 0.2) is 5.78 Å². The molecule has 2 nitrogen and oxygen atoms in total. The number of rotatable bonds is 5. The van der Waals surface area contributed by atoms with Crippen molar-refractivity contribution in [2.75, 3.05) is 6.61 Å². The van der Waals surface area contributed by atoms with Crippen molar-refractivity contribution in [2.45, 2.75) is 52.1 Å². The highest BCUT2D eigenvalue weighted by Gasteiger charge is 2.16. The van der Waals surface area contributed by atoms with E-state index in [1.165, 1.54) is 6.42 Å².